The average molecular weight is 260 g/mol. The zero-order valence-corrected chi connectivity index (χ0v) is 8.59. The number of nitrogens with zero attached hydrogens (tertiary/aromatic N) is 1. The van der Waals surface area contributed by atoms with Crippen LogP contribution in [0.3, 0.4) is 0 Å². The largest absolute Gasteiger partial charge is 0.286 e. The predicted octanol–water partition coefficient (Wildman–Crippen LogP) is 2.95. The van der Waals surface area contributed by atoms with Crippen molar-refractivity contribution >= 4 is 33.2 Å². The molecule has 0 aromatic heterocycles. The van der Waals surface area contributed by atoms with Gasteiger partial charge in [-0.25, -0.2) is 0 Å². The van der Waals surface area contributed by atoms with Gasteiger partial charge in [0.1, 0.15) is 5.56 Å². The maximum Gasteiger partial charge on any atom is 0.286 e. The van der Waals surface area contributed by atoms with Crippen LogP contribution in [0.2, 0.25) is 5.02 Å². The molecule has 13 heavy (non-hydrogen) atoms. The molecule has 0 spiro atoms. The van der Waals surface area contributed by atoms with Gasteiger partial charge in [0.25, 0.3) is 5.69 Å². The second kappa shape index (κ2) is 4.26. The third-order valence-corrected chi connectivity index (χ3v) is 1.87. The maximum absolute atomic E-state index is 10.5. The molecule has 0 radical (unpaired) electrons. The Morgan fingerprint density at radius 1 is 1.54 bits per heavy atom. The Balaban J connectivity index is 3.39. The van der Waals surface area contributed by atoms with E-state index in [9.17, 15) is 10.1 Å². The molecule has 1 aromatic carbocycles. The molecular weight excluding hydrogens is 257 g/mol. The van der Waals surface area contributed by atoms with Gasteiger partial charge in [-0.2, -0.15) is 0 Å². The summed E-state index contributed by atoms with van der Waals surface area (Å²) in [7, 11) is 0. The smallest absolute Gasteiger partial charge is 0.258 e. The quantitative estimate of drug-likeness (QED) is 0.442. The van der Waals surface area contributed by atoms with E-state index in [2.05, 4.69) is 26.7 Å². The van der Waals surface area contributed by atoms with E-state index < -0.39 is 4.92 Å². The molecule has 0 aliphatic rings. The molecule has 0 aliphatic heterocycles. The zero-order valence-electron chi connectivity index (χ0n) is 6.25. The molecule has 5 heteroatoms. The van der Waals surface area contributed by atoms with E-state index in [1.54, 1.807) is 6.07 Å². The number of nitro groups is 1. The van der Waals surface area contributed by atoms with Crippen molar-refractivity contribution in [3.8, 4) is 10.8 Å². The molecular formula is C8H3BrClNO2. The number of hydrogen-bond acceptors (Lipinski definition) is 2. The van der Waals surface area contributed by atoms with Crippen molar-refractivity contribution in [3.63, 3.8) is 0 Å². The molecule has 0 atom stereocenters. The first-order valence-electron chi connectivity index (χ1n) is 3.21. The number of hydrogen-bond donors (Lipinski definition) is 0. The van der Waals surface area contributed by atoms with Gasteiger partial charge in [-0.1, -0.05) is 17.7 Å². The van der Waals surface area contributed by atoms with Crippen LogP contribution in [0, 0.1) is 20.9 Å². The van der Waals surface area contributed by atoms with Crippen LogP contribution in [-0.4, -0.2) is 4.92 Å². The molecule has 0 aliphatic carbocycles. The lowest BCUT2D eigenvalue weighted by molar-refractivity contribution is -0.385. The van der Waals surface area contributed by atoms with Crippen LogP contribution in [0.15, 0.2) is 18.2 Å². The van der Waals surface area contributed by atoms with E-state index in [1.165, 1.54) is 12.1 Å². The van der Waals surface area contributed by atoms with Gasteiger partial charge in [0, 0.05) is 22.0 Å². The van der Waals surface area contributed by atoms with Gasteiger partial charge in [0.15, 0.2) is 0 Å². The summed E-state index contributed by atoms with van der Waals surface area (Å²) in [6.07, 6.45) is 0. The lowest BCUT2D eigenvalue weighted by Crippen LogP contribution is -1.92. The number of rotatable bonds is 1. The molecule has 0 saturated carbocycles. The van der Waals surface area contributed by atoms with Crippen molar-refractivity contribution in [2.45, 2.75) is 0 Å². The standard InChI is InChI=1S/C8H3BrClNO2/c9-5-4-6-7(10)2-1-3-8(6)11(12)13/h1-3H. The number of nitro benzene ring substituents is 1. The summed E-state index contributed by atoms with van der Waals surface area (Å²) in [4.78, 5) is 12.4. The molecule has 66 valence electrons. The fourth-order valence-electron chi connectivity index (χ4n) is 0.836. The highest BCUT2D eigenvalue weighted by Crippen LogP contribution is 2.24. The summed E-state index contributed by atoms with van der Waals surface area (Å²) >= 11 is 8.59. The van der Waals surface area contributed by atoms with Gasteiger partial charge in [-0.05, 0) is 16.8 Å². The fraction of sp³-hybridized carbons (Fsp3) is 0. The van der Waals surface area contributed by atoms with Crippen LogP contribution < -0.4 is 0 Å². The van der Waals surface area contributed by atoms with Crippen LogP contribution in [0.5, 0.6) is 0 Å². The zero-order chi connectivity index (χ0) is 9.84. The predicted molar refractivity (Wildman–Crippen MR) is 53.9 cm³/mol. The first kappa shape index (κ1) is 10.0. The maximum atomic E-state index is 10.5. The SMILES string of the molecule is O=[N+]([O-])c1cccc(Cl)c1C#CBr. The van der Waals surface area contributed by atoms with Crippen molar-refractivity contribution in [3.05, 3.63) is 38.9 Å². The summed E-state index contributed by atoms with van der Waals surface area (Å²) in [5.74, 6) is 2.52. The van der Waals surface area contributed by atoms with E-state index in [4.69, 9.17) is 11.6 Å². The highest BCUT2D eigenvalue weighted by atomic mass is 79.9. The van der Waals surface area contributed by atoms with Crippen LogP contribution >= 0.6 is 27.5 Å². The van der Waals surface area contributed by atoms with Gasteiger partial charge < -0.3 is 0 Å². The molecule has 0 unspecified atom stereocenters. The summed E-state index contributed by atoms with van der Waals surface area (Å²) in [5, 5.41) is 10.8. The van der Waals surface area contributed by atoms with Gasteiger partial charge in [-0.15, -0.1) is 0 Å². The first-order chi connectivity index (χ1) is 6.16. The lowest BCUT2D eigenvalue weighted by Gasteiger charge is -1.96. The van der Waals surface area contributed by atoms with Crippen LogP contribution in [0.4, 0.5) is 5.69 Å². The topological polar surface area (TPSA) is 43.1 Å². The summed E-state index contributed by atoms with van der Waals surface area (Å²) in [6, 6.07) is 4.43. The second-order valence-corrected chi connectivity index (χ2v) is 2.91. The Kier molecular flexibility index (Phi) is 3.29. The van der Waals surface area contributed by atoms with Gasteiger partial charge in [-0.3, -0.25) is 10.1 Å². The van der Waals surface area contributed by atoms with E-state index >= 15 is 0 Å². The van der Waals surface area contributed by atoms with Crippen molar-refractivity contribution in [2.24, 2.45) is 0 Å². The molecule has 0 saturated heterocycles. The van der Waals surface area contributed by atoms with E-state index in [1.807, 2.05) is 0 Å². The summed E-state index contributed by atoms with van der Waals surface area (Å²) in [5.41, 5.74) is 0.144. The van der Waals surface area contributed by atoms with Gasteiger partial charge >= 0.3 is 0 Å². The minimum absolute atomic E-state index is 0.0838. The van der Waals surface area contributed by atoms with Gasteiger partial charge in [0.2, 0.25) is 0 Å². The second-order valence-electron chi connectivity index (χ2n) is 2.11. The fourth-order valence-corrected chi connectivity index (χ4v) is 1.25. The van der Waals surface area contributed by atoms with Crippen LogP contribution in [0.1, 0.15) is 5.56 Å². The molecule has 0 amide bonds. The monoisotopic (exact) mass is 259 g/mol. The Hall–Kier alpha value is -1.05. The van der Waals surface area contributed by atoms with Crippen molar-refractivity contribution in [1.82, 2.24) is 0 Å². The van der Waals surface area contributed by atoms with E-state index in [0.717, 1.165) is 0 Å². The van der Waals surface area contributed by atoms with Crippen molar-refractivity contribution in [1.29, 1.82) is 0 Å². The normalized spacial score (nSPS) is 8.77. The molecule has 1 aromatic rings. The van der Waals surface area contributed by atoms with Crippen molar-refractivity contribution < 1.29 is 4.92 Å². The Morgan fingerprint density at radius 2 is 2.23 bits per heavy atom. The minimum Gasteiger partial charge on any atom is -0.258 e. The number of benzene rings is 1. The minimum atomic E-state index is -0.515. The van der Waals surface area contributed by atoms with E-state index in [0.29, 0.717) is 0 Å². The highest BCUT2D eigenvalue weighted by molar-refractivity contribution is 9.12. The van der Waals surface area contributed by atoms with Crippen LogP contribution in [-0.2, 0) is 0 Å². The molecule has 0 fully saturated rings. The molecule has 0 bridgehead atoms. The Morgan fingerprint density at radius 3 is 2.77 bits per heavy atom. The Labute approximate surface area is 88.0 Å². The third-order valence-electron chi connectivity index (χ3n) is 1.36. The van der Waals surface area contributed by atoms with Gasteiger partial charge in [0.05, 0.1) is 9.95 Å². The molecule has 1 rings (SSSR count). The summed E-state index contributed by atoms with van der Waals surface area (Å²) < 4.78 is 0. The van der Waals surface area contributed by atoms with E-state index in [-0.39, 0.29) is 16.3 Å². The third kappa shape index (κ3) is 2.20. The molecule has 3 nitrogen and oxygen atoms in total. The molecule has 0 heterocycles. The first-order valence-corrected chi connectivity index (χ1v) is 4.38. The molecule has 0 N–H and O–H groups in total. The average Bonchev–Trinajstić information content (AvgIpc) is 2.08. The van der Waals surface area contributed by atoms with Crippen molar-refractivity contribution in [2.75, 3.05) is 0 Å². The highest BCUT2D eigenvalue weighted by Gasteiger charge is 2.13. The summed E-state index contributed by atoms with van der Waals surface area (Å²) in [6.45, 7) is 0. The number of halogens is 2. The van der Waals surface area contributed by atoms with Crippen LogP contribution in [0.25, 0.3) is 0 Å². The Bertz CT molecular complexity index is 408. The lowest BCUT2D eigenvalue weighted by atomic mass is 10.2.